The van der Waals surface area contributed by atoms with Crippen molar-refractivity contribution in [1.82, 2.24) is 10.6 Å². The summed E-state index contributed by atoms with van der Waals surface area (Å²) in [5.74, 6) is -1.84. The molecule has 190 valence electrons. The van der Waals surface area contributed by atoms with E-state index < -0.39 is 34.8 Å². The quantitative estimate of drug-likeness (QED) is 0.543. The van der Waals surface area contributed by atoms with E-state index in [1.807, 2.05) is 0 Å². The molecule has 10 heteroatoms. The third kappa shape index (κ3) is 4.66. The van der Waals surface area contributed by atoms with Crippen LogP contribution in [0.4, 0.5) is 4.39 Å². The second-order valence-electron chi connectivity index (χ2n) is 10.4. The number of benzene rings is 1. The molecule has 4 aliphatic carbocycles. The summed E-state index contributed by atoms with van der Waals surface area (Å²) in [5, 5.41) is 17.1. The number of nitrogens with one attached hydrogen (secondary N) is 2. The van der Waals surface area contributed by atoms with E-state index in [1.54, 1.807) is 0 Å². The molecule has 0 aromatic heterocycles. The largest absolute Gasteiger partial charge is 0.484 e. The van der Waals surface area contributed by atoms with Gasteiger partial charge >= 0.3 is 0 Å². The van der Waals surface area contributed by atoms with E-state index in [4.69, 9.17) is 21.1 Å². The van der Waals surface area contributed by atoms with Crippen molar-refractivity contribution in [2.24, 2.45) is 11.8 Å². The first-order valence-corrected chi connectivity index (χ1v) is 12.6. The van der Waals surface area contributed by atoms with E-state index in [9.17, 15) is 23.9 Å². The first kappa shape index (κ1) is 24.5. The summed E-state index contributed by atoms with van der Waals surface area (Å²) in [7, 11) is 0. The normalized spacial score (nSPS) is 35.9. The van der Waals surface area contributed by atoms with Crippen LogP contribution in [0.3, 0.4) is 0 Å². The fraction of sp³-hybridized carbons (Fsp3) is 0.640. The summed E-state index contributed by atoms with van der Waals surface area (Å²) < 4.78 is 24.7. The highest BCUT2D eigenvalue weighted by molar-refractivity contribution is 6.30. The SMILES string of the molecule is O=C(COc1ccc(Cl)c(F)c1)NC12CCC(NC(=O)C3COC4CCCC(=O)C43)(CC1)C(O)C2. The van der Waals surface area contributed by atoms with Crippen LogP contribution >= 0.6 is 11.6 Å². The molecule has 1 aromatic rings. The third-order valence-electron chi connectivity index (χ3n) is 8.30. The van der Waals surface area contributed by atoms with Gasteiger partial charge in [-0.2, -0.15) is 0 Å². The maximum absolute atomic E-state index is 13.6. The minimum Gasteiger partial charge on any atom is -0.484 e. The standard InChI is InChI=1S/C25H30ClFN2O6/c26-16-5-4-14(10-17(16)27)34-13-21(32)28-24-6-8-25(9-7-24,20(31)11-24)29-23(33)15-12-35-19-3-1-2-18(30)22(15)19/h4-5,10,15,19-20,22,31H,1-3,6-9,11-13H2,(H,28,32)(H,29,33). The van der Waals surface area contributed by atoms with Crippen LogP contribution in [0, 0.1) is 17.7 Å². The molecule has 1 aromatic carbocycles. The van der Waals surface area contributed by atoms with Gasteiger partial charge in [0.25, 0.3) is 5.91 Å². The molecular formula is C25H30ClFN2O6. The zero-order valence-corrected chi connectivity index (χ0v) is 20.1. The van der Waals surface area contributed by atoms with Crippen molar-refractivity contribution in [3.8, 4) is 5.75 Å². The number of rotatable bonds is 6. The van der Waals surface area contributed by atoms with Crippen LogP contribution < -0.4 is 15.4 Å². The van der Waals surface area contributed by atoms with Gasteiger partial charge in [-0.1, -0.05) is 11.6 Å². The van der Waals surface area contributed by atoms with Crippen LogP contribution in [0.15, 0.2) is 18.2 Å². The van der Waals surface area contributed by atoms with Gasteiger partial charge in [0.05, 0.1) is 41.2 Å². The van der Waals surface area contributed by atoms with Crippen molar-refractivity contribution in [1.29, 1.82) is 0 Å². The number of ketones is 1. The van der Waals surface area contributed by atoms with Crippen LogP contribution in [-0.4, -0.2) is 59.2 Å². The Kier molecular flexibility index (Phi) is 6.52. The zero-order chi connectivity index (χ0) is 24.8. The molecule has 8 nitrogen and oxygen atoms in total. The lowest BCUT2D eigenvalue weighted by Crippen LogP contribution is -2.71. The highest BCUT2D eigenvalue weighted by atomic mass is 35.5. The number of fused-ring (bicyclic) bond motifs is 4. The third-order valence-corrected chi connectivity index (χ3v) is 8.61. The van der Waals surface area contributed by atoms with E-state index in [-0.39, 0.29) is 47.7 Å². The van der Waals surface area contributed by atoms with Gasteiger partial charge < -0.3 is 25.2 Å². The van der Waals surface area contributed by atoms with E-state index in [0.29, 0.717) is 38.5 Å². The molecule has 6 rings (SSSR count). The summed E-state index contributed by atoms with van der Waals surface area (Å²) in [5.41, 5.74) is -1.35. The Balaban J connectivity index is 1.17. The molecule has 0 radical (unpaired) electrons. The summed E-state index contributed by atoms with van der Waals surface area (Å²) in [6.07, 6.45) is 3.59. The van der Waals surface area contributed by atoms with Crippen LogP contribution in [0.5, 0.6) is 5.75 Å². The monoisotopic (exact) mass is 508 g/mol. The highest BCUT2D eigenvalue weighted by Crippen LogP contribution is 2.47. The van der Waals surface area contributed by atoms with Crippen LogP contribution in [0.25, 0.3) is 0 Å². The lowest BCUT2D eigenvalue weighted by atomic mass is 9.59. The number of carbonyl (C=O) groups excluding carboxylic acids is 3. The highest BCUT2D eigenvalue weighted by Gasteiger charge is 2.56. The van der Waals surface area contributed by atoms with Crippen molar-refractivity contribution >= 4 is 29.2 Å². The van der Waals surface area contributed by atoms with Crippen molar-refractivity contribution in [2.75, 3.05) is 13.2 Å². The molecule has 4 atom stereocenters. The minimum atomic E-state index is -0.833. The van der Waals surface area contributed by atoms with Crippen molar-refractivity contribution in [3.05, 3.63) is 29.0 Å². The molecular weight excluding hydrogens is 479 g/mol. The number of ether oxygens (including phenoxy) is 2. The second kappa shape index (κ2) is 9.33. The number of carbonyl (C=O) groups is 3. The predicted octanol–water partition coefficient (Wildman–Crippen LogP) is 2.29. The number of halogens is 2. The minimum absolute atomic E-state index is 0.0275. The van der Waals surface area contributed by atoms with E-state index in [0.717, 1.165) is 18.9 Å². The Morgan fingerprint density at radius 3 is 2.71 bits per heavy atom. The predicted molar refractivity (Wildman–Crippen MR) is 123 cm³/mol. The Hall–Kier alpha value is -2.23. The van der Waals surface area contributed by atoms with Gasteiger partial charge in [-0.05, 0) is 57.1 Å². The fourth-order valence-corrected chi connectivity index (χ4v) is 6.44. The van der Waals surface area contributed by atoms with E-state index in [1.165, 1.54) is 12.1 Å². The van der Waals surface area contributed by atoms with Gasteiger partial charge in [0.1, 0.15) is 17.3 Å². The van der Waals surface area contributed by atoms with E-state index >= 15 is 0 Å². The molecule has 3 N–H and O–H groups in total. The lowest BCUT2D eigenvalue weighted by Gasteiger charge is -2.56. The summed E-state index contributed by atoms with van der Waals surface area (Å²) in [4.78, 5) is 38.2. The van der Waals surface area contributed by atoms with Gasteiger partial charge in [-0.25, -0.2) is 4.39 Å². The number of Topliss-reactive ketones (excluding diaryl/α,β-unsaturated/α-hetero) is 1. The van der Waals surface area contributed by atoms with Gasteiger partial charge in [-0.3, -0.25) is 14.4 Å². The molecule has 5 fully saturated rings. The van der Waals surface area contributed by atoms with Gasteiger partial charge in [-0.15, -0.1) is 0 Å². The van der Waals surface area contributed by atoms with Gasteiger partial charge in [0, 0.05) is 18.0 Å². The summed E-state index contributed by atoms with van der Waals surface area (Å²) in [6, 6.07) is 3.96. The number of hydrogen-bond acceptors (Lipinski definition) is 6. The Morgan fingerprint density at radius 2 is 2.00 bits per heavy atom. The lowest BCUT2D eigenvalue weighted by molar-refractivity contribution is -0.141. The molecule has 5 aliphatic rings. The van der Waals surface area contributed by atoms with Crippen molar-refractivity contribution in [3.63, 3.8) is 0 Å². The van der Waals surface area contributed by atoms with Gasteiger partial charge in [0.15, 0.2) is 6.61 Å². The molecule has 2 amide bonds. The molecule has 1 heterocycles. The molecule has 1 aliphatic heterocycles. The molecule has 4 saturated carbocycles. The summed E-state index contributed by atoms with van der Waals surface area (Å²) in [6.45, 7) is -0.0599. The topological polar surface area (TPSA) is 114 Å². The Labute approximate surface area is 207 Å². The first-order chi connectivity index (χ1) is 16.7. The molecule has 2 bridgehead atoms. The average molecular weight is 509 g/mol. The smallest absolute Gasteiger partial charge is 0.258 e. The number of aliphatic hydroxyl groups excluding tert-OH is 1. The van der Waals surface area contributed by atoms with Crippen LogP contribution in [-0.2, 0) is 19.1 Å². The molecule has 35 heavy (non-hydrogen) atoms. The Bertz CT molecular complexity index is 1030. The maximum Gasteiger partial charge on any atom is 0.258 e. The molecule has 0 spiro atoms. The molecule has 1 saturated heterocycles. The second-order valence-corrected chi connectivity index (χ2v) is 10.8. The molecule has 4 unspecified atom stereocenters. The van der Waals surface area contributed by atoms with Crippen molar-refractivity contribution < 1.29 is 33.4 Å². The number of amides is 2. The fourth-order valence-electron chi connectivity index (χ4n) is 6.32. The van der Waals surface area contributed by atoms with Crippen molar-refractivity contribution in [2.45, 2.75) is 74.7 Å². The first-order valence-electron chi connectivity index (χ1n) is 12.2. The van der Waals surface area contributed by atoms with E-state index in [2.05, 4.69) is 10.6 Å². The number of hydrogen-bond donors (Lipinski definition) is 3. The zero-order valence-electron chi connectivity index (χ0n) is 19.4. The van der Waals surface area contributed by atoms with Crippen LogP contribution in [0.2, 0.25) is 5.02 Å². The average Bonchev–Trinajstić information content (AvgIpc) is 3.27. The van der Waals surface area contributed by atoms with Gasteiger partial charge in [0.2, 0.25) is 5.91 Å². The Morgan fingerprint density at radius 1 is 1.23 bits per heavy atom. The van der Waals surface area contributed by atoms with Crippen LogP contribution in [0.1, 0.15) is 51.4 Å². The maximum atomic E-state index is 13.6. The summed E-state index contributed by atoms with van der Waals surface area (Å²) >= 11 is 5.66. The number of aliphatic hydroxyl groups is 1.